The van der Waals surface area contributed by atoms with E-state index in [1.54, 1.807) is 37.3 Å². The highest BCUT2D eigenvalue weighted by molar-refractivity contribution is 6.30. The number of Topliss-reactive ketones (excluding diaryl/α,β-unsaturated/α-hetero) is 1. The normalized spacial score (nSPS) is 12.7. The molecule has 3 rings (SSSR count). The number of carboxylic acid groups (broad SMARTS) is 1. The first-order chi connectivity index (χ1) is 17.2. The van der Waals surface area contributed by atoms with Crippen molar-refractivity contribution in [3.05, 3.63) is 76.3 Å². The maximum absolute atomic E-state index is 14.2. The van der Waals surface area contributed by atoms with E-state index in [9.17, 15) is 23.9 Å². The number of aliphatic carboxylic acids is 1. The van der Waals surface area contributed by atoms with E-state index in [1.165, 1.54) is 25.1 Å². The Balaban J connectivity index is 1.81. The number of carbonyl (C=O) groups excluding carboxylic acids is 2. The Labute approximate surface area is 212 Å². The van der Waals surface area contributed by atoms with Gasteiger partial charge in [0.05, 0.1) is 12.5 Å². The fourth-order valence-electron chi connectivity index (χ4n) is 3.74. The molecular weight excluding hydrogens is 489 g/mol. The van der Waals surface area contributed by atoms with Gasteiger partial charge in [-0.1, -0.05) is 35.9 Å². The number of carboxylic acids is 1. The monoisotopic (exact) mass is 515 g/mol. The van der Waals surface area contributed by atoms with Crippen molar-refractivity contribution < 1.29 is 28.6 Å². The van der Waals surface area contributed by atoms with E-state index >= 15 is 0 Å². The lowest BCUT2D eigenvalue weighted by molar-refractivity contribution is -0.144. The number of benzene rings is 2. The number of aromatic nitrogens is 2. The lowest BCUT2D eigenvalue weighted by Gasteiger charge is -2.22. The number of nitrogens with zero attached hydrogens (tertiary/aromatic N) is 1. The summed E-state index contributed by atoms with van der Waals surface area (Å²) in [5.74, 6) is -3.08. The summed E-state index contributed by atoms with van der Waals surface area (Å²) in [4.78, 5) is 36.1. The molecule has 0 aliphatic carbocycles. The summed E-state index contributed by atoms with van der Waals surface area (Å²) in [5.41, 5.74) is 2.02. The minimum atomic E-state index is -1.03. The summed E-state index contributed by atoms with van der Waals surface area (Å²) in [6, 6.07) is 12.2. The fourth-order valence-corrected chi connectivity index (χ4v) is 3.91. The number of nitrogens with one attached hydrogen (secondary N) is 2. The van der Waals surface area contributed by atoms with E-state index in [-0.39, 0.29) is 30.2 Å². The Bertz CT molecular complexity index is 1230. The van der Waals surface area contributed by atoms with Crippen LogP contribution in [-0.2, 0) is 16.0 Å². The first kappa shape index (κ1) is 27.0. The molecule has 190 valence electrons. The van der Waals surface area contributed by atoms with Crippen LogP contribution in [-0.4, -0.2) is 52.2 Å². The van der Waals surface area contributed by atoms with E-state index in [1.807, 2.05) is 0 Å². The van der Waals surface area contributed by atoms with Crippen molar-refractivity contribution in [3.8, 4) is 11.1 Å². The molecule has 0 bridgehead atoms. The zero-order chi connectivity index (χ0) is 26.2. The second kappa shape index (κ2) is 12.4. The Morgan fingerprint density at radius 2 is 1.89 bits per heavy atom. The van der Waals surface area contributed by atoms with Crippen LogP contribution in [0.15, 0.2) is 48.5 Å². The van der Waals surface area contributed by atoms with Gasteiger partial charge in [0.1, 0.15) is 17.2 Å². The summed E-state index contributed by atoms with van der Waals surface area (Å²) in [6.45, 7) is 3.48. The number of amides is 1. The zero-order valence-electron chi connectivity index (χ0n) is 19.9. The minimum absolute atomic E-state index is 0.00370. The molecule has 0 fully saturated rings. The summed E-state index contributed by atoms with van der Waals surface area (Å²) in [6.07, 6.45) is 0.424. The molecular formula is C26H27ClFN3O5. The number of hydrogen-bond acceptors (Lipinski definition) is 5. The van der Waals surface area contributed by atoms with Gasteiger partial charge in [0, 0.05) is 30.2 Å². The van der Waals surface area contributed by atoms with E-state index in [2.05, 4.69) is 15.5 Å². The number of hydrogen-bond donors (Lipinski definition) is 3. The smallest absolute Gasteiger partial charge is 0.308 e. The SMILES string of the molecule is CCOC[C@H](C[C@@H](Cc1ccc(-c2cc(Cl)ccc2F)cc1)NC(=O)c1cc(C(C)=O)n[nH]1)C(=O)O. The topological polar surface area (TPSA) is 121 Å². The Hall–Kier alpha value is -3.56. The zero-order valence-corrected chi connectivity index (χ0v) is 20.6. The lowest BCUT2D eigenvalue weighted by atomic mass is 9.94. The highest BCUT2D eigenvalue weighted by atomic mass is 35.5. The Morgan fingerprint density at radius 3 is 2.50 bits per heavy atom. The van der Waals surface area contributed by atoms with Crippen molar-refractivity contribution in [1.29, 1.82) is 0 Å². The highest BCUT2D eigenvalue weighted by Gasteiger charge is 2.25. The van der Waals surface area contributed by atoms with Crippen molar-refractivity contribution in [1.82, 2.24) is 15.5 Å². The fraction of sp³-hybridized carbons (Fsp3) is 0.308. The van der Waals surface area contributed by atoms with Gasteiger partial charge in [0.15, 0.2) is 5.78 Å². The van der Waals surface area contributed by atoms with Gasteiger partial charge in [-0.15, -0.1) is 0 Å². The van der Waals surface area contributed by atoms with Gasteiger partial charge < -0.3 is 15.2 Å². The van der Waals surface area contributed by atoms with Gasteiger partial charge in [0.2, 0.25) is 0 Å². The van der Waals surface area contributed by atoms with Gasteiger partial charge in [-0.3, -0.25) is 19.5 Å². The van der Waals surface area contributed by atoms with Crippen molar-refractivity contribution in [2.45, 2.75) is 32.7 Å². The van der Waals surface area contributed by atoms with Crippen molar-refractivity contribution in [2.24, 2.45) is 5.92 Å². The first-order valence-electron chi connectivity index (χ1n) is 11.4. The van der Waals surface area contributed by atoms with Crippen molar-refractivity contribution in [3.63, 3.8) is 0 Å². The Morgan fingerprint density at radius 1 is 1.17 bits per heavy atom. The molecule has 0 unspecified atom stereocenters. The third-order valence-electron chi connectivity index (χ3n) is 5.64. The molecule has 0 aliphatic heterocycles. The molecule has 8 nitrogen and oxygen atoms in total. The van der Waals surface area contributed by atoms with Gasteiger partial charge in [0.25, 0.3) is 5.91 Å². The van der Waals surface area contributed by atoms with E-state index in [0.717, 1.165) is 5.56 Å². The van der Waals surface area contributed by atoms with Crippen LogP contribution in [0.4, 0.5) is 4.39 Å². The number of carbonyl (C=O) groups is 3. The maximum Gasteiger partial charge on any atom is 0.308 e. The molecule has 1 amide bonds. The average Bonchev–Trinajstić information content (AvgIpc) is 3.34. The van der Waals surface area contributed by atoms with Crippen LogP contribution in [0.3, 0.4) is 0 Å². The highest BCUT2D eigenvalue weighted by Crippen LogP contribution is 2.27. The number of ether oxygens (including phenoxy) is 1. The van der Waals surface area contributed by atoms with Gasteiger partial charge in [-0.2, -0.15) is 5.10 Å². The largest absolute Gasteiger partial charge is 0.481 e. The number of rotatable bonds is 12. The predicted octanol–water partition coefficient (Wildman–Crippen LogP) is 4.54. The van der Waals surface area contributed by atoms with E-state index in [0.29, 0.717) is 29.2 Å². The number of ketones is 1. The summed E-state index contributed by atoms with van der Waals surface area (Å²) >= 11 is 6.00. The Kier molecular flexibility index (Phi) is 9.32. The third kappa shape index (κ3) is 7.22. The molecule has 0 saturated carbocycles. The van der Waals surface area contributed by atoms with Crippen LogP contribution in [0.1, 0.15) is 46.8 Å². The quantitative estimate of drug-likeness (QED) is 0.304. The standard InChI is InChI=1S/C26H27ClFN3O5/c1-3-36-14-18(26(34)35)11-20(29-25(33)24-13-23(15(2)32)30-31-24)10-16-4-6-17(7-5-16)21-12-19(27)8-9-22(21)28/h4-9,12-13,18,20H,3,10-11,14H2,1-2H3,(H,29,33)(H,30,31)(H,34,35)/t18-,20+/m0/s1. The van der Waals surface area contributed by atoms with Crippen LogP contribution in [0.25, 0.3) is 11.1 Å². The molecule has 0 saturated heterocycles. The van der Waals surface area contributed by atoms with Gasteiger partial charge in [-0.05, 0) is 55.2 Å². The molecule has 2 atom stereocenters. The molecule has 10 heteroatoms. The summed E-state index contributed by atoms with van der Waals surface area (Å²) < 4.78 is 19.6. The third-order valence-corrected chi connectivity index (χ3v) is 5.87. The second-order valence-corrected chi connectivity index (χ2v) is 8.79. The molecule has 1 aromatic heterocycles. The predicted molar refractivity (Wildman–Crippen MR) is 133 cm³/mol. The van der Waals surface area contributed by atoms with Crippen molar-refractivity contribution in [2.75, 3.05) is 13.2 Å². The van der Waals surface area contributed by atoms with Crippen LogP contribution >= 0.6 is 11.6 Å². The van der Waals surface area contributed by atoms with Crippen LogP contribution in [0.2, 0.25) is 5.02 Å². The number of halogens is 2. The summed E-state index contributed by atoms with van der Waals surface area (Å²) in [5, 5.41) is 19.3. The molecule has 1 heterocycles. The number of aromatic amines is 1. The molecule has 0 aliphatic rings. The first-order valence-corrected chi connectivity index (χ1v) is 11.8. The van der Waals surface area contributed by atoms with Crippen LogP contribution in [0.5, 0.6) is 0 Å². The lowest BCUT2D eigenvalue weighted by Crippen LogP contribution is -2.40. The van der Waals surface area contributed by atoms with Gasteiger partial charge in [-0.25, -0.2) is 4.39 Å². The molecule has 36 heavy (non-hydrogen) atoms. The molecule has 0 spiro atoms. The molecule has 3 aromatic rings. The molecule has 3 N–H and O–H groups in total. The van der Waals surface area contributed by atoms with Crippen molar-refractivity contribution >= 4 is 29.3 Å². The number of H-pyrrole nitrogens is 1. The summed E-state index contributed by atoms with van der Waals surface area (Å²) in [7, 11) is 0. The van der Waals surface area contributed by atoms with Crippen LogP contribution in [0, 0.1) is 11.7 Å². The van der Waals surface area contributed by atoms with E-state index < -0.39 is 29.7 Å². The molecule has 0 radical (unpaired) electrons. The average molecular weight is 516 g/mol. The molecule has 2 aromatic carbocycles. The minimum Gasteiger partial charge on any atom is -0.481 e. The maximum atomic E-state index is 14.2. The van der Waals surface area contributed by atoms with Gasteiger partial charge >= 0.3 is 5.97 Å². The second-order valence-electron chi connectivity index (χ2n) is 8.35. The van der Waals surface area contributed by atoms with E-state index in [4.69, 9.17) is 16.3 Å². The van der Waals surface area contributed by atoms with Crippen LogP contribution < -0.4 is 5.32 Å².